The Hall–Kier alpha value is -2.64. The number of carbonyl (C=O) groups is 1. The minimum absolute atomic E-state index is 0.0160. The molecule has 0 saturated carbocycles. The maximum absolute atomic E-state index is 13.7. The van der Waals surface area contributed by atoms with Gasteiger partial charge in [0.25, 0.3) is 5.91 Å². The third-order valence-electron chi connectivity index (χ3n) is 4.40. The van der Waals surface area contributed by atoms with Gasteiger partial charge in [-0.05, 0) is 31.2 Å². The highest BCUT2D eigenvalue weighted by Gasteiger charge is 2.47. The molecule has 1 amide bonds. The Morgan fingerprint density at radius 1 is 1.44 bits per heavy atom. The summed E-state index contributed by atoms with van der Waals surface area (Å²) >= 11 is 6.14. The third-order valence-corrected chi connectivity index (χ3v) is 4.73. The molecule has 1 unspecified atom stereocenters. The van der Waals surface area contributed by atoms with Crippen LogP contribution in [0.15, 0.2) is 30.5 Å². The van der Waals surface area contributed by atoms with Crippen LogP contribution in [-0.2, 0) is 12.3 Å². The van der Waals surface area contributed by atoms with Gasteiger partial charge in [-0.25, -0.2) is 4.39 Å². The first-order valence-corrected chi connectivity index (χ1v) is 8.03. The Labute approximate surface area is 147 Å². The first-order valence-electron chi connectivity index (χ1n) is 7.65. The van der Waals surface area contributed by atoms with Crippen LogP contribution in [0.3, 0.4) is 0 Å². The number of halogens is 2. The summed E-state index contributed by atoms with van der Waals surface area (Å²) in [6.07, 6.45) is 1.77. The molecule has 128 valence electrons. The highest BCUT2D eigenvalue weighted by molar-refractivity contribution is 6.31. The largest absolute Gasteiger partial charge is 0.398 e. The fourth-order valence-corrected chi connectivity index (χ4v) is 3.53. The maximum Gasteiger partial charge on any atom is 0.256 e. The van der Waals surface area contributed by atoms with Crippen molar-refractivity contribution in [2.75, 3.05) is 5.73 Å². The van der Waals surface area contributed by atoms with Crippen molar-refractivity contribution in [2.24, 2.45) is 0 Å². The van der Waals surface area contributed by atoms with Gasteiger partial charge in [-0.1, -0.05) is 11.6 Å². The van der Waals surface area contributed by atoms with Crippen molar-refractivity contribution in [3.63, 3.8) is 0 Å². The number of anilines is 1. The number of carbonyl (C=O) groups excluding carboxylic acids is 1. The highest BCUT2D eigenvalue weighted by Crippen LogP contribution is 2.43. The molecule has 4 N–H and O–H groups in total. The smallest absolute Gasteiger partial charge is 0.256 e. The summed E-state index contributed by atoms with van der Waals surface area (Å²) in [5.41, 5.74) is 5.04. The molecular formula is C17H14ClFN4O2. The first kappa shape index (κ1) is 15.9. The molecule has 0 saturated heterocycles. The number of benzene rings is 2. The molecule has 4 rings (SSSR count). The van der Waals surface area contributed by atoms with E-state index in [0.717, 1.165) is 6.07 Å². The number of hydrogen-bond acceptors (Lipinski definition) is 4. The molecule has 0 aliphatic carbocycles. The number of rotatable bonds is 2. The molecule has 8 heteroatoms. The Morgan fingerprint density at radius 2 is 2.20 bits per heavy atom. The number of nitrogens with zero attached hydrogens (tertiary/aromatic N) is 2. The van der Waals surface area contributed by atoms with Crippen molar-refractivity contribution in [3.8, 4) is 0 Å². The van der Waals surface area contributed by atoms with Crippen molar-refractivity contribution in [3.05, 3.63) is 58.0 Å². The van der Waals surface area contributed by atoms with Gasteiger partial charge < -0.3 is 16.2 Å². The normalized spacial score (nSPS) is 19.3. The van der Waals surface area contributed by atoms with E-state index in [9.17, 15) is 14.3 Å². The van der Waals surface area contributed by atoms with Crippen LogP contribution in [0.2, 0.25) is 5.02 Å². The van der Waals surface area contributed by atoms with E-state index in [2.05, 4.69) is 10.4 Å². The van der Waals surface area contributed by atoms with Crippen molar-refractivity contribution in [1.29, 1.82) is 0 Å². The average molecular weight is 361 g/mol. The van der Waals surface area contributed by atoms with E-state index in [1.54, 1.807) is 16.9 Å². The minimum atomic E-state index is -2.03. The number of fused-ring (bicyclic) bond motifs is 3. The van der Waals surface area contributed by atoms with E-state index in [4.69, 9.17) is 17.3 Å². The molecule has 0 bridgehead atoms. The molecule has 0 radical (unpaired) electrons. The Bertz CT molecular complexity index is 1050. The monoisotopic (exact) mass is 360 g/mol. The molecular weight excluding hydrogens is 347 g/mol. The van der Waals surface area contributed by atoms with Gasteiger partial charge in [0.2, 0.25) is 0 Å². The van der Waals surface area contributed by atoms with Gasteiger partial charge in [-0.15, -0.1) is 0 Å². The molecule has 3 aromatic rings. The maximum atomic E-state index is 13.7. The van der Waals surface area contributed by atoms with Gasteiger partial charge in [-0.2, -0.15) is 5.10 Å². The van der Waals surface area contributed by atoms with E-state index < -0.39 is 17.4 Å². The lowest BCUT2D eigenvalue weighted by atomic mass is 9.91. The van der Waals surface area contributed by atoms with Gasteiger partial charge in [0.1, 0.15) is 11.3 Å². The van der Waals surface area contributed by atoms with Crippen molar-refractivity contribution in [1.82, 2.24) is 15.1 Å². The molecule has 1 atom stereocenters. The average Bonchev–Trinajstić information content (AvgIpc) is 3.09. The summed E-state index contributed by atoms with van der Waals surface area (Å²) in [4.78, 5) is 12.6. The van der Waals surface area contributed by atoms with Crippen LogP contribution in [0.1, 0.15) is 28.4 Å². The van der Waals surface area contributed by atoms with Crippen LogP contribution < -0.4 is 11.1 Å². The van der Waals surface area contributed by atoms with Gasteiger partial charge in [-0.3, -0.25) is 9.48 Å². The number of nitrogen functional groups attached to an aromatic ring is 1. The Balaban J connectivity index is 2.06. The molecule has 1 aromatic heterocycles. The minimum Gasteiger partial charge on any atom is -0.398 e. The van der Waals surface area contributed by atoms with Crippen LogP contribution in [0.25, 0.3) is 10.9 Å². The second-order valence-electron chi connectivity index (χ2n) is 5.93. The molecule has 1 aliphatic heterocycles. The number of nitrogens with two attached hydrogens (primary N) is 1. The van der Waals surface area contributed by atoms with Crippen LogP contribution >= 0.6 is 11.6 Å². The second-order valence-corrected chi connectivity index (χ2v) is 6.33. The lowest BCUT2D eigenvalue weighted by Gasteiger charge is -2.26. The number of aromatic nitrogens is 2. The summed E-state index contributed by atoms with van der Waals surface area (Å²) < 4.78 is 15.4. The van der Waals surface area contributed by atoms with E-state index in [-0.39, 0.29) is 27.4 Å². The summed E-state index contributed by atoms with van der Waals surface area (Å²) in [6.45, 7) is 2.53. The predicted octanol–water partition coefficient (Wildman–Crippen LogP) is 2.37. The Morgan fingerprint density at radius 3 is 2.92 bits per heavy atom. The molecule has 0 spiro atoms. The zero-order valence-electron chi connectivity index (χ0n) is 13.2. The van der Waals surface area contributed by atoms with Gasteiger partial charge in [0, 0.05) is 40.0 Å². The number of hydrogen-bond donors (Lipinski definition) is 3. The van der Waals surface area contributed by atoms with Crippen LogP contribution in [0, 0.1) is 5.82 Å². The van der Waals surface area contributed by atoms with Crippen LogP contribution in [0.4, 0.5) is 10.1 Å². The van der Waals surface area contributed by atoms with Crippen LogP contribution in [0.5, 0.6) is 0 Å². The summed E-state index contributed by atoms with van der Waals surface area (Å²) in [6, 6.07) is 5.19. The summed E-state index contributed by atoms with van der Waals surface area (Å²) in [5.74, 6) is -1.14. The topological polar surface area (TPSA) is 93.2 Å². The van der Waals surface area contributed by atoms with E-state index >= 15 is 0 Å². The number of aryl methyl sites for hydroxylation is 1. The number of nitrogens with one attached hydrogen (secondary N) is 1. The SMILES string of the molecule is CCn1cc2cc(N)c3c(c2n1)C(=O)NC3(O)c1cc(F)ccc1Cl. The van der Waals surface area contributed by atoms with Gasteiger partial charge in [0.15, 0.2) is 5.72 Å². The standard InChI is InChI=1S/C17H14ClFN4O2/c1-2-23-7-8-5-12(20)14-13(15(8)22-23)16(24)21-17(14,25)10-6-9(19)3-4-11(10)18/h3-7,25H,2,20H2,1H3,(H,21,24). The summed E-state index contributed by atoms with van der Waals surface area (Å²) in [7, 11) is 0. The van der Waals surface area contributed by atoms with Gasteiger partial charge in [0.05, 0.1) is 5.56 Å². The summed E-state index contributed by atoms with van der Waals surface area (Å²) in [5, 5.41) is 18.8. The highest BCUT2D eigenvalue weighted by atomic mass is 35.5. The van der Waals surface area contributed by atoms with Crippen LogP contribution in [-0.4, -0.2) is 20.8 Å². The molecule has 2 heterocycles. The zero-order valence-corrected chi connectivity index (χ0v) is 13.9. The Kier molecular flexibility index (Phi) is 3.28. The second kappa shape index (κ2) is 5.18. The molecule has 6 nitrogen and oxygen atoms in total. The van der Waals surface area contributed by atoms with E-state index in [1.165, 1.54) is 12.1 Å². The van der Waals surface area contributed by atoms with E-state index in [0.29, 0.717) is 17.4 Å². The zero-order chi connectivity index (χ0) is 17.9. The lowest BCUT2D eigenvalue weighted by molar-refractivity contribution is 0.0479. The quantitative estimate of drug-likeness (QED) is 0.612. The predicted molar refractivity (Wildman–Crippen MR) is 91.7 cm³/mol. The first-order chi connectivity index (χ1) is 11.8. The molecule has 25 heavy (non-hydrogen) atoms. The fourth-order valence-electron chi connectivity index (χ4n) is 3.28. The number of amides is 1. The molecule has 2 aromatic carbocycles. The van der Waals surface area contributed by atoms with Crippen molar-refractivity contribution in [2.45, 2.75) is 19.2 Å². The van der Waals surface area contributed by atoms with E-state index in [1.807, 2.05) is 6.92 Å². The third kappa shape index (κ3) is 2.13. The van der Waals surface area contributed by atoms with Crippen molar-refractivity contribution >= 4 is 34.1 Å². The fraction of sp³-hybridized carbons (Fsp3) is 0.176. The lowest BCUT2D eigenvalue weighted by Crippen LogP contribution is -2.40. The molecule has 1 aliphatic rings. The molecule has 0 fully saturated rings. The van der Waals surface area contributed by atoms with Crippen molar-refractivity contribution < 1.29 is 14.3 Å². The number of aliphatic hydroxyl groups is 1. The van der Waals surface area contributed by atoms with Gasteiger partial charge >= 0.3 is 0 Å².